The van der Waals surface area contributed by atoms with Gasteiger partial charge in [0.1, 0.15) is 0 Å². The fourth-order valence-corrected chi connectivity index (χ4v) is 4.37. The van der Waals surface area contributed by atoms with Gasteiger partial charge in [0, 0.05) is 0 Å². The fourth-order valence-electron chi connectivity index (χ4n) is 1.91. The van der Waals surface area contributed by atoms with Crippen molar-refractivity contribution in [2.75, 3.05) is 0 Å². The van der Waals surface area contributed by atoms with Crippen LogP contribution in [0.1, 0.15) is 0 Å². The van der Waals surface area contributed by atoms with Crippen LogP contribution in [0.4, 0.5) is 0 Å². The van der Waals surface area contributed by atoms with E-state index in [0.717, 1.165) is 0 Å². The monoisotopic (exact) mass is 638 g/mol. The maximum absolute atomic E-state index is 8.80. The van der Waals surface area contributed by atoms with Crippen molar-refractivity contribution >= 4 is 52.0 Å². The molecule has 0 N–H and O–H groups in total. The Hall–Kier alpha value is -2.14. The molecule has 0 fully saturated rings. The summed E-state index contributed by atoms with van der Waals surface area (Å²) >= 11 is 6.80. The zero-order valence-corrected chi connectivity index (χ0v) is 21.3. The van der Waals surface area contributed by atoms with Crippen LogP contribution in [0.25, 0.3) is 0 Å². The number of nitrogens with zero attached hydrogens (tertiary/aromatic N) is 6. The van der Waals surface area contributed by atoms with Crippen LogP contribution in [0.5, 0.6) is 0 Å². The molecule has 0 atom stereocenters. The molecule has 0 bridgehead atoms. The van der Waals surface area contributed by atoms with Crippen LogP contribution in [0, 0.1) is 66.4 Å². The number of nitriles is 6. The fraction of sp³-hybridized carbons (Fsp3) is 0. The van der Waals surface area contributed by atoms with Gasteiger partial charge in [-0.05, 0) is 0 Å². The van der Waals surface area contributed by atoms with Gasteiger partial charge < -0.3 is 0 Å². The number of rotatable bonds is 2. The van der Waals surface area contributed by atoms with Gasteiger partial charge in [-0.25, -0.2) is 0 Å². The topological polar surface area (TPSA) is 143 Å². The molecule has 2 aromatic carbocycles. The van der Waals surface area contributed by atoms with E-state index in [-0.39, 0.29) is 0 Å². The molecule has 2 aromatic rings. The average molecular weight is 641 g/mol. The first-order chi connectivity index (χ1) is 14.0. The molecule has 0 saturated carbocycles. The molecule has 0 aliphatic carbocycles. The van der Waals surface area contributed by atoms with E-state index in [1.54, 1.807) is 60.7 Å². The molecule has 0 amide bonds. The third-order valence-corrected chi connectivity index (χ3v) is 7.83. The Kier molecular flexibility index (Phi) is 13.7. The van der Waals surface area contributed by atoms with Crippen molar-refractivity contribution in [3.63, 3.8) is 0 Å². The summed E-state index contributed by atoms with van der Waals surface area (Å²) < 4.78 is 0. The average Bonchev–Trinajstić information content (AvgIpc) is 2.80. The van der Waals surface area contributed by atoms with Crippen LogP contribution in [0.2, 0.25) is 0 Å². The third-order valence-electron chi connectivity index (χ3n) is 3.42. The van der Waals surface area contributed by atoms with Gasteiger partial charge in [-0.1, -0.05) is 0 Å². The zero-order chi connectivity index (χ0) is 22.2. The van der Waals surface area contributed by atoms with E-state index in [2.05, 4.69) is 26.9 Å². The van der Waals surface area contributed by atoms with E-state index in [0.29, 0.717) is 24.6 Å². The van der Waals surface area contributed by atoms with E-state index in [9.17, 15) is 0 Å². The molecule has 29 heavy (non-hydrogen) atoms. The van der Waals surface area contributed by atoms with Crippen molar-refractivity contribution in [3.8, 4) is 34.9 Å². The van der Waals surface area contributed by atoms with Crippen molar-refractivity contribution in [2.45, 2.75) is 0 Å². The van der Waals surface area contributed by atoms with Crippen LogP contribution >= 0.6 is 41.4 Å². The number of hydrogen-bond acceptors (Lipinski definition) is 6. The van der Waals surface area contributed by atoms with Gasteiger partial charge in [0.15, 0.2) is 0 Å². The molecule has 148 valence electrons. The van der Waals surface area contributed by atoms with Crippen LogP contribution in [0.15, 0.2) is 60.7 Å². The first-order valence-electron chi connectivity index (χ1n) is 7.40. The quantitative estimate of drug-likeness (QED) is 0.344. The summed E-state index contributed by atoms with van der Waals surface area (Å²) in [5, 5.41) is 53.9. The van der Waals surface area contributed by atoms with Gasteiger partial charge >= 0.3 is 193 Å². The summed E-state index contributed by atoms with van der Waals surface area (Å²) in [6.07, 6.45) is 0. The van der Waals surface area contributed by atoms with Crippen LogP contribution < -0.4 is 10.6 Å². The van der Waals surface area contributed by atoms with E-state index in [4.69, 9.17) is 31.6 Å². The maximum atomic E-state index is 8.80. The molecule has 0 aliphatic heterocycles. The Morgan fingerprint density at radius 2 is 0.724 bits per heavy atom. The molecule has 0 spiro atoms. The van der Waals surface area contributed by atoms with E-state index in [1.165, 1.54) is 0 Å². The summed E-state index contributed by atoms with van der Waals surface area (Å²) in [5.41, 5.74) is 0. The van der Waals surface area contributed by atoms with Gasteiger partial charge in [-0.2, -0.15) is 0 Å². The van der Waals surface area contributed by atoms with Gasteiger partial charge in [0.25, 0.3) is 0 Å². The Bertz CT molecular complexity index is 884. The van der Waals surface area contributed by atoms with Crippen molar-refractivity contribution < 1.29 is 13.9 Å². The SMILES string of the molecule is N#C[PH](C#N)(C#N)c1ccccc1.N#C[PH](C#N)(C#N)c1ccccc1.[Br][Pd][Br]. The van der Waals surface area contributed by atoms with Crippen LogP contribution in [0.3, 0.4) is 0 Å². The standard InChI is InChI=1S/2C9H6N3P.2BrH.Pd/c2*10-6-13(7-11,8-12)9-4-2-1-3-5-9;;;/h2*1-5,13H;2*1H;/q;;;;+2/p-2. The second-order valence-electron chi connectivity index (χ2n) is 4.95. The number of benzene rings is 2. The second kappa shape index (κ2) is 14.8. The van der Waals surface area contributed by atoms with Gasteiger partial charge in [0.05, 0.1) is 0 Å². The molecule has 0 aliphatic rings. The Morgan fingerprint density at radius 3 is 0.897 bits per heavy atom. The van der Waals surface area contributed by atoms with Crippen molar-refractivity contribution in [1.82, 2.24) is 0 Å². The first-order valence-corrected chi connectivity index (χ1v) is 18.5. The predicted octanol–water partition coefficient (Wildman–Crippen LogP) is 4.70. The second-order valence-corrected chi connectivity index (χ2v) is 17.6. The van der Waals surface area contributed by atoms with Crippen LogP contribution in [-0.2, 0) is 13.9 Å². The molecule has 11 heteroatoms. The van der Waals surface area contributed by atoms with Crippen molar-refractivity contribution in [3.05, 3.63) is 60.7 Å². The van der Waals surface area contributed by atoms with Crippen molar-refractivity contribution in [2.24, 2.45) is 0 Å². The summed E-state index contributed by atoms with van der Waals surface area (Å²) in [4.78, 5) is 0. The molecule has 0 saturated heterocycles. The molecule has 0 radical (unpaired) electrons. The molecule has 0 unspecified atom stereocenters. The first kappa shape index (κ1) is 26.9. The Morgan fingerprint density at radius 1 is 0.517 bits per heavy atom. The van der Waals surface area contributed by atoms with E-state index >= 15 is 0 Å². The Balaban J connectivity index is 0.000000477. The summed E-state index contributed by atoms with van der Waals surface area (Å²) in [6, 6.07) is 17.1. The van der Waals surface area contributed by atoms with E-state index in [1.807, 2.05) is 34.9 Å². The van der Waals surface area contributed by atoms with E-state index < -0.39 is 14.5 Å². The predicted molar refractivity (Wildman–Crippen MR) is 120 cm³/mol. The van der Waals surface area contributed by atoms with Crippen molar-refractivity contribution in [1.29, 1.82) is 31.6 Å². The number of halogens is 2. The molecular weight excluding hydrogens is 628 g/mol. The normalized spacial score (nSPS) is 10.2. The van der Waals surface area contributed by atoms with Gasteiger partial charge in [-0.3, -0.25) is 0 Å². The Labute approximate surface area is 191 Å². The summed E-state index contributed by atoms with van der Waals surface area (Å²) in [5.74, 6) is 11.1. The summed E-state index contributed by atoms with van der Waals surface area (Å²) in [7, 11) is -6.35. The number of hydrogen-bond donors (Lipinski definition) is 0. The minimum absolute atomic E-state index is 0.558. The molecule has 6 nitrogen and oxygen atoms in total. The van der Waals surface area contributed by atoms with Crippen LogP contribution in [-0.4, -0.2) is 0 Å². The third kappa shape index (κ3) is 7.65. The molecule has 2 rings (SSSR count). The summed E-state index contributed by atoms with van der Waals surface area (Å²) in [6.45, 7) is 0. The van der Waals surface area contributed by atoms with Gasteiger partial charge in [0.2, 0.25) is 0 Å². The molecule has 0 heterocycles. The zero-order valence-electron chi connectivity index (χ0n) is 14.5. The minimum atomic E-state index is -3.18. The molecule has 0 aromatic heterocycles. The molecular formula is C18H12Br2N6P2Pd. The van der Waals surface area contributed by atoms with Gasteiger partial charge in [-0.15, -0.1) is 0 Å².